The fourth-order valence-electron chi connectivity index (χ4n) is 1.68. The van der Waals surface area contributed by atoms with E-state index in [1.807, 2.05) is 38.1 Å². The highest BCUT2D eigenvalue weighted by molar-refractivity contribution is 7.21. The van der Waals surface area contributed by atoms with Gasteiger partial charge in [0.05, 0.1) is 17.2 Å². The smallest absolute Gasteiger partial charge is 0.265 e. The molecule has 1 amide bonds. The minimum Gasteiger partial charge on any atom is -0.394 e. The zero-order valence-electron chi connectivity index (χ0n) is 11.1. The van der Waals surface area contributed by atoms with Gasteiger partial charge >= 0.3 is 0 Å². The molecule has 1 aromatic heterocycles. The van der Waals surface area contributed by atoms with Gasteiger partial charge in [-0.15, -0.1) is 11.3 Å². The van der Waals surface area contributed by atoms with E-state index < -0.39 is 5.54 Å². The summed E-state index contributed by atoms with van der Waals surface area (Å²) < 4.78 is 0.992. The van der Waals surface area contributed by atoms with Gasteiger partial charge in [-0.1, -0.05) is 29.8 Å². The van der Waals surface area contributed by atoms with E-state index in [2.05, 4.69) is 0 Å². The standard InChI is InChI=1S/C14H16ClNO2S/c1-14(2,8-17)16(3)13(18)12-11(15)9-6-4-5-7-10(9)19-12/h4-7,17H,8H2,1-3H3. The number of hydrogen-bond donors (Lipinski definition) is 1. The summed E-state index contributed by atoms with van der Waals surface area (Å²) in [4.78, 5) is 14.5. The van der Waals surface area contributed by atoms with Gasteiger partial charge in [0.25, 0.3) is 5.91 Å². The SMILES string of the molecule is CN(C(=O)c1sc2ccccc2c1Cl)C(C)(C)CO. The third kappa shape index (κ3) is 2.48. The largest absolute Gasteiger partial charge is 0.394 e. The number of halogens is 1. The molecule has 0 saturated heterocycles. The lowest BCUT2D eigenvalue weighted by Gasteiger charge is -2.33. The number of carbonyl (C=O) groups excluding carboxylic acids is 1. The Bertz CT molecular complexity index is 621. The Morgan fingerprint density at radius 2 is 2.05 bits per heavy atom. The first kappa shape index (κ1) is 14.3. The summed E-state index contributed by atoms with van der Waals surface area (Å²) >= 11 is 7.67. The van der Waals surface area contributed by atoms with Crippen LogP contribution in [0, 0.1) is 0 Å². The van der Waals surface area contributed by atoms with Gasteiger partial charge in [0.15, 0.2) is 0 Å². The number of likely N-dealkylation sites (N-methyl/N-ethyl adjacent to an activating group) is 1. The van der Waals surface area contributed by atoms with Crippen molar-refractivity contribution >= 4 is 38.9 Å². The van der Waals surface area contributed by atoms with Crippen LogP contribution in [0.1, 0.15) is 23.5 Å². The topological polar surface area (TPSA) is 40.5 Å². The van der Waals surface area contributed by atoms with Crippen molar-refractivity contribution in [3.8, 4) is 0 Å². The first-order valence-electron chi connectivity index (χ1n) is 5.94. The summed E-state index contributed by atoms with van der Waals surface area (Å²) in [6.45, 7) is 3.52. The van der Waals surface area contributed by atoms with E-state index in [-0.39, 0.29) is 12.5 Å². The average molecular weight is 298 g/mol. The second-order valence-electron chi connectivity index (χ2n) is 5.08. The van der Waals surface area contributed by atoms with Crippen LogP contribution in [-0.2, 0) is 0 Å². The summed E-state index contributed by atoms with van der Waals surface area (Å²) in [5.74, 6) is -0.162. The van der Waals surface area contributed by atoms with Crippen LogP contribution in [0.25, 0.3) is 10.1 Å². The number of benzene rings is 1. The van der Waals surface area contributed by atoms with Crippen LogP contribution in [0.2, 0.25) is 5.02 Å². The molecule has 0 bridgehead atoms. The van der Waals surface area contributed by atoms with E-state index in [0.717, 1.165) is 10.1 Å². The number of amides is 1. The molecule has 2 aromatic rings. The molecular formula is C14H16ClNO2S. The maximum absolute atomic E-state index is 12.5. The van der Waals surface area contributed by atoms with E-state index in [9.17, 15) is 9.90 Å². The van der Waals surface area contributed by atoms with Crippen molar-refractivity contribution in [2.24, 2.45) is 0 Å². The van der Waals surface area contributed by atoms with E-state index in [1.54, 1.807) is 7.05 Å². The molecule has 19 heavy (non-hydrogen) atoms. The Labute approximate surface area is 121 Å². The van der Waals surface area contributed by atoms with Crippen molar-refractivity contribution in [1.29, 1.82) is 0 Å². The zero-order valence-corrected chi connectivity index (χ0v) is 12.7. The predicted octanol–water partition coefficient (Wildman–Crippen LogP) is 3.40. The monoisotopic (exact) mass is 297 g/mol. The molecular weight excluding hydrogens is 282 g/mol. The Morgan fingerprint density at radius 1 is 1.42 bits per heavy atom. The van der Waals surface area contributed by atoms with Gasteiger partial charge in [0.1, 0.15) is 4.88 Å². The van der Waals surface area contributed by atoms with Crippen LogP contribution in [0.5, 0.6) is 0 Å². The lowest BCUT2D eigenvalue weighted by Crippen LogP contribution is -2.47. The molecule has 1 N–H and O–H groups in total. The highest BCUT2D eigenvalue weighted by Crippen LogP contribution is 2.36. The average Bonchev–Trinajstić information content (AvgIpc) is 2.75. The predicted molar refractivity (Wildman–Crippen MR) is 80.1 cm³/mol. The van der Waals surface area contributed by atoms with Crippen LogP contribution in [0.3, 0.4) is 0 Å². The fourth-order valence-corrected chi connectivity index (χ4v) is 3.17. The molecule has 102 valence electrons. The minimum absolute atomic E-state index is 0.0995. The fraction of sp³-hybridized carbons (Fsp3) is 0.357. The Hall–Kier alpha value is -1.10. The number of aliphatic hydroxyl groups excluding tert-OH is 1. The van der Waals surface area contributed by atoms with Crippen LogP contribution in [0.4, 0.5) is 0 Å². The maximum atomic E-state index is 12.5. The molecule has 0 saturated carbocycles. The lowest BCUT2D eigenvalue weighted by molar-refractivity contribution is 0.0478. The lowest BCUT2D eigenvalue weighted by atomic mass is 10.1. The highest BCUT2D eigenvalue weighted by atomic mass is 35.5. The van der Waals surface area contributed by atoms with Gasteiger partial charge in [-0.2, -0.15) is 0 Å². The van der Waals surface area contributed by atoms with Gasteiger partial charge in [0, 0.05) is 17.1 Å². The molecule has 0 radical (unpaired) electrons. The van der Waals surface area contributed by atoms with Crippen molar-refractivity contribution in [3.05, 3.63) is 34.2 Å². The number of hydrogen-bond acceptors (Lipinski definition) is 3. The highest BCUT2D eigenvalue weighted by Gasteiger charge is 2.30. The van der Waals surface area contributed by atoms with Crippen molar-refractivity contribution in [1.82, 2.24) is 4.90 Å². The minimum atomic E-state index is -0.614. The molecule has 0 aliphatic rings. The summed E-state index contributed by atoms with van der Waals surface area (Å²) in [6.07, 6.45) is 0. The zero-order chi connectivity index (χ0) is 14.2. The number of carbonyl (C=O) groups is 1. The van der Waals surface area contributed by atoms with Gasteiger partial charge in [-0.05, 0) is 19.9 Å². The number of fused-ring (bicyclic) bond motifs is 1. The third-order valence-electron chi connectivity index (χ3n) is 3.33. The second-order valence-corrected chi connectivity index (χ2v) is 6.51. The van der Waals surface area contributed by atoms with Crippen LogP contribution >= 0.6 is 22.9 Å². The molecule has 0 atom stereocenters. The van der Waals surface area contributed by atoms with Crippen molar-refractivity contribution in [3.63, 3.8) is 0 Å². The van der Waals surface area contributed by atoms with Crippen molar-refractivity contribution in [2.75, 3.05) is 13.7 Å². The Morgan fingerprint density at radius 3 is 2.63 bits per heavy atom. The summed E-state index contributed by atoms with van der Waals surface area (Å²) in [5.41, 5.74) is -0.614. The van der Waals surface area contributed by atoms with Gasteiger partial charge in [-0.25, -0.2) is 0 Å². The maximum Gasteiger partial charge on any atom is 0.265 e. The molecule has 2 rings (SSSR count). The molecule has 0 aliphatic heterocycles. The van der Waals surface area contributed by atoms with E-state index in [0.29, 0.717) is 9.90 Å². The quantitative estimate of drug-likeness (QED) is 0.943. The first-order valence-corrected chi connectivity index (χ1v) is 7.14. The van der Waals surface area contributed by atoms with Crippen LogP contribution in [-0.4, -0.2) is 35.1 Å². The van der Waals surface area contributed by atoms with Crippen molar-refractivity contribution in [2.45, 2.75) is 19.4 Å². The van der Waals surface area contributed by atoms with Crippen LogP contribution in [0.15, 0.2) is 24.3 Å². The first-order chi connectivity index (χ1) is 8.88. The van der Waals surface area contributed by atoms with E-state index in [4.69, 9.17) is 11.6 Å². The molecule has 1 aromatic carbocycles. The Balaban J connectivity index is 2.45. The molecule has 0 unspecified atom stereocenters. The van der Waals surface area contributed by atoms with Gasteiger partial charge in [-0.3, -0.25) is 4.79 Å². The van der Waals surface area contributed by atoms with Gasteiger partial charge in [0.2, 0.25) is 0 Å². The third-order valence-corrected chi connectivity index (χ3v) is 4.99. The molecule has 0 aliphatic carbocycles. The molecule has 0 fully saturated rings. The van der Waals surface area contributed by atoms with E-state index >= 15 is 0 Å². The molecule has 3 nitrogen and oxygen atoms in total. The number of rotatable bonds is 3. The van der Waals surface area contributed by atoms with E-state index in [1.165, 1.54) is 16.2 Å². The number of nitrogens with zero attached hydrogens (tertiary/aromatic N) is 1. The molecule has 0 spiro atoms. The summed E-state index contributed by atoms with van der Waals surface area (Å²) in [6, 6.07) is 7.67. The Kier molecular flexibility index (Phi) is 3.85. The normalized spacial score (nSPS) is 11.8. The van der Waals surface area contributed by atoms with Crippen molar-refractivity contribution < 1.29 is 9.90 Å². The second kappa shape index (κ2) is 5.12. The summed E-state index contributed by atoms with van der Waals surface area (Å²) in [5, 5.41) is 10.7. The molecule has 5 heteroatoms. The van der Waals surface area contributed by atoms with Crippen LogP contribution < -0.4 is 0 Å². The molecule has 1 heterocycles. The number of aliphatic hydroxyl groups is 1. The number of thiophene rings is 1. The van der Waals surface area contributed by atoms with Gasteiger partial charge < -0.3 is 10.0 Å². The summed E-state index contributed by atoms with van der Waals surface area (Å²) in [7, 11) is 1.68.